The Morgan fingerprint density at radius 1 is 1.15 bits per heavy atom. The number of carbonyl (C=O) groups is 1. The molecule has 0 fully saturated rings. The Bertz CT molecular complexity index is 320. The average molecular weight is 175 g/mol. The van der Waals surface area contributed by atoms with E-state index in [0.717, 1.165) is 37.8 Å². The van der Waals surface area contributed by atoms with Gasteiger partial charge in [-0.25, -0.2) is 0 Å². The molecule has 0 amide bonds. The Morgan fingerprint density at radius 2 is 1.92 bits per heavy atom. The van der Waals surface area contributed by atoms with E-state index in [1.165, 1.54) is 11.1 Å². The van der Waals surface area contributed by atoms with E-state index in [1.807, 2.05) is 12.1 Å². The molecule has 68 valence electrons. The molecular formula is C11H13NO. The van der Waals surface area contributed by atoms with E-state index in [0.29, 0.717) is 0 Å². The SMILES string of the molecule is O=Cc1ccc2c(c1)CCNCC2. The van der Waals surface area contributed by atoms with Gasteiger partial charge in [0.05, 0.1) is 0 Å². The summed E-state index contributed by atoms with van der Waals surface area (Å²) in [5.41, 5.74) is 3.51. The fraction of sp³-hybridized carbons (Fsp3) is 0.364. The Kier molecular flexibility index (Phi) is 2.41. The van der Waals surface area contributed by atoms with E-state index in [-0.39, 0.29) is 0 Å². The summed E-state index contributed by atoms with van der Waals surface area (Å²) in [4.78, 5) is 10.6. The third kappa shape index (κ3) is 1.78. The molecule has 13 heavy (non-hydrogen) atoms. The molecule has 1 aromatic carbocycles. The first-order valence-electron chi connectivity index (χ1n) is 4.68. The molecule has 1 aliphatic heterocycles. The number of rotatable bonds is 1. The minimum Gasteiger partial charge on any atom is -0.316 e. The van der Waals surface area contributed by atoms with E-state index in [9.17, 15) is 4.79 Å². The van der Waals surface area contributed by atoms with E-state index in [4.69, 9.17) is 0 Å². The van der Waals surface area contributed by atoms with Crippen LogP contribution in [-0.4, -0.2) is 19.4 Å². The smallest absolute Gasteiger partial charge is 0.150 e. The second kappa shape index (κ2) is 3.71. The molecule has 0 saturated carbocycles. The van der Waals surface area contributed by atoms with E-state index >= 15 is 0 Å². The van der Waals surface area contributed by atoms with Crippen LogP contribution in [0, 0.1) is 0 Å². The van der Waals surface area contributed by atoms with Crippen molar-refractivity contribution in [1.29, 1.82) is 0 Å². The number of hydrogen-bond acceptors (Lipinski definition) is 2. The zero-order valence-corrected chi connectivity index (χ0v) is 7.55. The third-order valence-electron chi connectivity index (χ3n) is 2.51. The van der Waals surface area contributed by atoms with Gasteiger partial charge in [0.15, 0.2) is 0 Å². The predicted molar refractivity (Wildman–Crippen MR) is 52.1 cm³/mol. The molecule has 1 heterocycles. The van der Waals surface area contributed by atoms with Gasteiger partial charge in [-0.2, -0.15) is 0 Å². The van der Waals surface area contributed by atoms with Crippen molar-refractivity contribution in [3.63, 3.8) is 0 Å². The Morgan fingerprint density at radius 3 is 2.69 bits per heavy atom. The maximum absolute atomic E-state index is 10.6. The molecule has 2 nitrogen and oxygen atoms in total. The van der Waals surface area contributed by atoms with E-state index in [2.05, 4.69) is 11.4 Å². The minimum atomic E-state index is 0.792. The number of benzene rings is 1. The molecule has 0 aromatic heterocycles. The van der Waals surface area contributed by atoms with Crippen LogP contribution in [0.1, 0.15) is 21.5 Å². The quantitative estimate of drug-likeness (QED) is 0.649. The van der Waals surface area contributed by atoms with Crippen molar-refractivity contribution in [3.8, 4) is 0 Å². The van der Waals surface area contributed by atoms with Gasteiger partial charge in [0.1, 0.15) is 6.29 Å². The fourth-order valence-corrected chi connectivity index (χ4v) is 1.77. The van der Waals surface area contributed by atoms with Crippen molar-refractivity contribution in [3.05, 3.63) is 34.9 Å². The third-order valence-corrected chi connectivity index (χ3v) is 2.51. The molecule has 0 unspecified atom stereocenters. The van der Waals surface area contributed by atoms with Crippen LogP contribution in [0.2, 0.25) is 0 Å². The van der Waals surface area contributed by atoms with E-state index in [1.54, 1.807) is 0 Å². The zero-order chi connectivity index (χ0) is 9.10. The van der Waals surface area contributed by atoms with Crippen molar-refractivity contribution in [2.75, 3.05) is 13.1 Å². The molecule has 1 aliphatic rings. The Hall–Kier alpha value is -1.15. The normalized spacial score (nSPS) is 16.0. The van der Waals surface area contributed by atoms with Crippen molar-refractivity contribution >= 4 is 6.29 Å². The summed E-state index contributed by atoms with van der Waals surface area (Å²) in [6, 6.07) is 5.98. The van der Waals surface area contributed by atoms with Gasteiger partial charge in [0, 0.05) is 5.56 Å². The zero-order valence-electron chi connectivity index (χ0n) is 7.55. The van der Waals surface area contributed by atoms with Crippen LogP contribution in [0.3, 0.4) is 0 Å². The lowest BCUT2D eigenvalue weighted by Crippen LogP contribution is -2.16. The lowest BCUT2D eigenvalue weighted by Gasteiger charge is -2.04. The van der Waals surface area contributed by atoms with Crippen molar-refractivity contribution in [1.82, 2.24) is 5.32 Å². The second-order valence-corrected chi connectivity index (χ2v) is 3.40. The molecule has 1 N–H and O–H groups in total. The molecule has 0 radical (unpaired) electrons. The van der Waals surface area contributed by atoms with Gasteiger partial charge in [-0.3, -0.25) is 4.79 Å². The summed E-state index contributed by atoms with van der Waals surface area (Å²) >= 11 is 0. The average Bonchev–Trinajstić information content (AvgIpc) is 2.41. The van der Waals surface area contributed by atoms with Gasteiger partial charge in [-0.1, -0.05) is 12.1 Å². The highest BCUT2D eigenvalue weighted by atomic mass is 16.1. The Labute approximate surface area is 78.0 Å². The highest BCUT2D eigenvalue weighted by Crippen LogP contribution is 2.14. The van der Waals surface area contributed by atoms with E-state index < -0.39 is 0 Å². The van der Waals surface area contributed by atoms with Crippen LogP contribution >= 0.6 is 0 Å². The maximum atomic E-state index is 10.6. The van der Waals surface area contributed by atoms with Gasteiger partial charge in [0.2, 0.25) is 0 Å². The van der Waals surface area contributed by atoms with Crippen LogP contribution in [0.4, 0.5) is 0 Å². The van der Waals surface area contributed by atoms with Crippen LogP contribution in [0.5, 0.6) is 0 Å². The van der Waals surface area contributed by atoms with Crippen LogP contribution < -0.4 is 5.32 Å². The molecule has 0 bridgehead atoms. The molecule has 0 spiro atoms. The standard InChI is InChI=1S/C11H13NO/c13-8-9-1-2-10-3-5-12-6-4-11(10)7-9/h1-2,7-8,12H,3-6H2. The van der Waals surface area contributed by atoms with Crippen molar-refractivity contribution in [2.45, 2.75) is 12.8 Å². The summed E-state index contributed by atoms with van der Waals surface area (Å²) < 4.78 is 0. The maximum Gasteiger partial charge on any atom is 0.150 e. The molecular weight excluding hydrogens is 162 g/mol. The predicted octanol–water partition coefficient (Wildman–Crippen LogP) is 1.19. The largest absolute Gasteiger partial charge is 0.316 e. The molecule has 2 heteroatoms. The molecule has 0 atom stereocenters. The number of aldehydes is 1. The molecule has 0 saturated heterocycles. The minimum absolute atomic E-state index is 0.792. The number of hydrogen-bond donors (Lipinski definition) is 1. The number of nitrogens with one attached hydrogen (secondary N) is 1. The summed E-state index contributed by atoms with van der Waals surface area (Å²) in [5.74, 6) is 0. The summed E-state index contributed by atoms with van der Waals surface area (Å²) in [5, 5.41) is 3.34. The van der Waals surface area contributed by atoms with Gasteiger partial charge in [-0.05, 0) is 43.1 Å². The highest BCUT2D eigenvalue weighted by Gasteiger charge is 2.06. The fourth-order valence-electron chi connectivity index (χ4n) is 1.77. The summed E-state index contributed by atoms with van der Waals surface area (Å²) in [6.07, 6.45) is 3.03. The number of fused-ring (bicyclic) bond motifs is 1. The van der Waals surface area contributed by atoms with Crippen molar-refractivity contribution < 1.29 is 4.79 Å². The molecule has 0 aliphatic carbocycles. The monoisotopic (exact) mass is 175 g/mol. The number of carbonyl (C=O) groups excluding carboxylic acids is 1. The Balaban J connectivity index is 2.37. The lowest BCUT2D eigenvalue weighted by atomic mass is 10.0. The molecule has 2 rings (SSSR count). The van der Waals surface area contributed by atoms with Crippen LogP contribution in [0.15, 0.2) is 18.2 Å². The van der Waals surface area contributed by atoms with Gasteiger partial charge >= 0.3 is 0 Å². The molecule has 1 aromatic rings. The topological polar surface area (TPSA) is 29.1 Å². The second-order valence-electron chi connectivity index (χ2n) is 3.40. The van der Waals surface area contributed by atoms with Crippen LogP contribution in [0.25, 0.3) is 0 Å². The highest BCUT2D eigenvalue weighted by molar-refractivity contribution is 5.75. The first-order chi connectivity index (χ1) is 6.40. The first kappa shape index (κ1) is 8.45. The van der Waals surface area contributed by atoms with Crippen molar-refractivity contribution in [2.24, 2.45) is 0 Å². The van der Waals surface area contributed by atoms with Gasteiger partial charge in [0.25, 0.3) is 0 Å². The summed E-state index contributed by atoms with van der Waals surface area (Å²) in [6.45, 7) is 2.07. The van der Waals surface area contributed by atoms with Crippen LogP contribution in [-0.2, 0) is 12.8 Å². The van der Waals surface area contributed by atoms with Gasteiger partial charge in [-0.15, -0.1) is 0 Å². The van der Waals surface area contributed by atoms with Gasteiger partial charge < -0.3 is 5.32 Å². The first-order valence-corrected chi connectivity index (χ1v) is 4.68. The lowest BCUT2D eigenvalue weighted by molar-refractivity contribution is 0.112. The summed E-state index contributed by atoms with van der Waals surface area (Å²) in [7, 11) is 0.